The first-order valence-electron chi connectivity index (χ1n) is 5.28. The fraction of sp³-hybridized carbons (Fsp3) is 0.818. The van der Waals surface area contributed by atoms with Gasteiger partial charge in [-0.2, -0.15) is 0 Å². The molecule has 0 spiro atoms. The summed E-state index contributed by atoms with van der Waals surface area (Å²) in [5, 5.41) is 17.9. The third-order valence-corrected chi connectivity index (χ3v) is 1.77. The summed E-state index contributed by atoms with van der Waals surface area (Å²) >= 11 is 0. The van der Waals surface area contributed by atoms with Crippen molar-refractivity contribution in [2.24, 2.45) is 5.73 Å². The number of hydrogen-bond acceptors (Lipinski definition) is 4. The van der Waals surface area contributed by atoms with E-state index in [2.05, 4.69) is 13.2 Å². The summed E-state index contributed by atoms with van der Waals surface area (Å²) in [5.74, 6) is 0. The van der Waals surface area contributed by atoms with Crippen molar-refractivity contribution in [3.8, 4) is 0 Å². The van der Waals surface area contributed by atoms with Gasteiger partial charge in [0.05, 0.1) is 24.9 Å². The van der Waals surface area contributed by atoms with Crippen LogP contribution in [-0.2, 0) is 4.74 Å². The molecule has 4 nitrogen and oxygen atoms in total. The van der Waals surface area contributed by atoms with Gasteiger partial charge in [-0.25, -0.2) is 0 Å². The second-order valence-electron chi connectivity index (χ2n) is 3.28. The third-order valence-electron chi connectivity index (χ3n) is 1.77. The summed E-state index contributed by atoms with van der Waals surface area (Å²) in [5.41, 5.74) is 4.85. The van der Waals surface area contributed by atoms with Gasteiger partial charge in [0.1, 0.15) is 0 Å². The van der Waals surface area contributed by atoms with Crippen LogP contribution in [-0.4, -0.2) is 41.7 Å². The van der Waals surface area contributed by atoms with Crippen LogP contribution in [0.5, 0.6) is 0 Å². The lowest BCUT2D eigenvalue weighted by atomic mass is 10.0. The molecule has 1 fully saturated rings. The first kappa shape index (κ1) is 17.0. The summed E-state index contributed by atoms with van der Waals surface area (Å²) < 4.78 is 5.30. The number of aliphatic hydroxyl groups is 2. The van der Waals surface area contributed by atoms with Crippen LogP contribution in [0.2, 0.25) is 0 Å². The molecule has 0 bridgehead atoms. The molecule has 0 aromatic heterocycles. The maximum absolute atomic E-state index is 9.19. The van der Waals surface area contributed by atoms with Gasteiger partial charge in [-0.05, 0) is 19.9 Å². The standard InChI is InChI=1S/C7H14O3.C2H7N.C2H4/c1-5-2-6(9)3-7(4-8)10-5;1-2-3;1-2/h5-9H,2-4H2,1H3;2-3H2,1H3;1-2H2/t5?,6-,7+;;/m1../s1. The zero-order valence-electron chi connectivity index (χ0n) is 9.85. The quantitative estimate of drug-likeness (QED) is 0.567. The molecule has 4 N–H and O–H groups in total. The fourth-order valence-corrected chi connectivity index (χ4v) is 1.34. The lowest BCUT2D eigenvalue weighted by Crippen LogP contribution is -2.35. The molecule has 1 rings (SSSR count). The topological polar surface area (TPSA) is 75.7 Å². The van der Waals surface area contributed by atoms with Gasteiger partial charge in [0.25, 0.3) is 0 Å². The van der Waals surface area contributed by atoms with E-state index in [-0.39, 0.29) is 24.9 Å². The predicted molar refractivity (Wildman–Crippen MR) is 62.6 cm³/mol. The summed E-state index contributed by atoms with van der Waals surface area (Å²) in [6.07, 6.45) is 0.901. The highest BCUT2D eigenvalue weighted by atomic mass is 16.5. The summed E-state index contributed by atoms with van der Waals surface area (Å²) in [7, 11) is 0. The number of rotatable bonds is 1. The maximum atomic E-state index is 9.19. The van der Waals surface area contributed by atoms with Crippen LogP contribution in [0.15, 0.2) is 13.2 Å². The third kappa shape index (κ3) is 9.87. The van der Waals surface area contributed by atoms with Crippen LogP contribution in [0.4, 0.5) is 0 Å². The van der Waals surface area contributed by atoms with Crippen molar-refractivity contribution in [2.45, 2.75) is 45.0 Å². The second-order valence-corrected chi connectivity index (χ2v) is 3.28. The molecule has 15 heavy (non-hydrogen) atoms. The van der Waals surface area contributed by atoms with Gasteiger partial charge in [0, 0.05) is 6.42 Å². The molecule has 1 saturated heterocycles. The molecule has 1 aliphatic rings. The largest absolute Gasteiger partial charge is 0.394 e. The van der Waals surface area contributed by atoms with E-state index in [0.29, 0.717) is 12.8 Å². The maximum Gasteiger partial charge on any atom is 0.0833 e. The Hall–Kier alpha value is -0.420. The normalized spacial score (nSPS) is 29.3. The Morgan fingerprint density at radius 2 is 1.87 bits per heavy atom. The Morgan fingerprint density at radius 3 is 2.20 bits per heavy atom. The minimum absolute atomic E-state index is 0.0153. The first-order chi connectivity index (χ1) is 7.13. The Labute approximate surface area is 92.7 Å². The zero-order chi connectivity index (χ0) is 12.3. The summed E-state index contributed by atoms with van der Waals surface area (Å²) in [6.45, 7) is 10.6. The lowest BCUT2D eigenvalue weighted by Gasteiger charge is -2.29. The van der Waals surface area contributed by atoms with Gasteiger partial charge in [-0.15, -0.1) is 13.2 Å². The van der Waals surface area contributed by atoms with Crippen LogP contribution in [0.1, 0.15) is 26.7 Å². The van der Waals surface area contributed by atoms with Gasteiger partial charge in [-0.1, -0.05) is 6.92 Å². The average molecular weight is 219 g/mol. The number of aliphatic hydroxyl groups excluding tert-OH is 2. The van der Waals surface area contributed by atoms with E-state index in [9.17, 15) is 5.11 Å². The smallest absolute Gasteiger partial charge is 0.0833 e. The fourth-order valence-electron chi connectivity index (χ4n) is 1.34. The van der Waals surface area contributed by atoms with Crippen LogP contribution in [0.25, 0.3) is 0 Å². The Bertz CT molecular complexity index is 123. The molecule has 92 valence electrons. The van der Waals surface area contributed by atoms with E-state index in [4.69, 9.17) is 15.6 Å². The highest BCUT2D eigenvalue weighted by molar-refractivity contribution is 4.73. The lowest BCUT2D eigenvalue weighted by molar-refractivity contribution is -0.104. The molecule has 1 unspecified atom stereocenters. The van der Waals surface area contributed by atoms with Gasteiger partial charge < -0.3 is 20.7 Å². The van der Waals surface area contributed by atoms with E-state index in [1.165, 1.54) is 0 Å². The molecule has 1 aliphatic heterocycles. The molecule has 0 aromatic rings. The van der Waals surface area contributed by atoms with Crippen molar-refractivity contribution in [1.82, 2.24) is 0 Å². The van der Waals surface area contributed by atoms with Crippen molar-refractivity contribution in [3.05, 3.63) is 13.2 Å². The minimum atomic E-state index is -0.291. The predicted octanol–water partition coefficient (Wildman–Crippen LogP) is 0.674. The SMILES string of the molecule is C=C.CC1C[C@@H](O)C[C@@H](CO)O1.CCN. The minimum Gasteiger partial charge on any atom is -0.394 e. The second kappa shape index (κ2) is 11.7. The number of ether oxygens (including phenoxy) is 1. The number of nitrogens with two attached hydrogens (primary N) is 1. The highest BCUT2D eigenvalue weighted by Gasteiger charge is 2.24. The van der Waals surface area contributed by atoms with Crippen molar-refractivity contribution in [3.63, 3.8) is 0 Å². The van der Waals surface area contributed by atoms with Crippen molar-refractivity contribution >= 4 is 0 Å². The highest BCUT2D eigenvalue weighted by Crippen LogP contribution is 2.18. The molecule has 4 heteroatoms. The van der Waals surface area contributed by atoms with Gasteiger partial charge in [0.15, 0.2) is 0 Å². The zero-order valence-corrected chi connectivity index (χ0v) is 9.85. The van der Waals surface area contributed by atoms with Gasteiger partial charge in [-0.3, -0.25) is 0 Å². The van der Waals surface area contributed by atoms with Crippen LogP contribution in [0.3, 0.4) is 0 Å². The number of hydrogen-bond donors (Lipinski definition) is 3. The molecule has 0 saturated carbocycles. The van der Waals surface area contributed by atoms with Gasteiger partial charge >= 0.3 is 0 Å². The first-order valence-corrected chi connectivity index (χ1v) is 5.28. The average Bonchev–Trinajstić information content (AvgIpc) is 2.20. The Morgan fingerprint density at radius 1 is 1.40 bits per heavy atom. The van der Waals surface area contributed by atoms with Crippen molar-refractivity contribution in [1.29, 1.82) is 0 Å². The molecular formula is C11H25NO3. The molecule has 1 heterocycles. The van der Waals surface area contributed by atoms with E-state index in [1.807, 2.05) is 13.8 Å². The Balaban J connectivity index is 0. The van der Waals surface area contributed by atoms with Crippen LogP contribution >= 0.6 is 0 Å². The van der Waals surface area contributed by atoms with Crippen LogP contribution in [0, 0.1) is 0 Å². The van der Waals surface area contributed by atoms with E-state index >= 15 is 0 Å². The Kier molecular flexibility index (Phi) is 13.2. The summed E-state index contributed by atoms with van der Waals surface area (Å²) in [6, 6.07) is 0. The van der Waals surface area contributed by atoms with Crippen molar-refractivity contribution < 1.29 is 14.9 Å². The molecule has 0 aromatic carbocycles. The van der Waals surface area contributed by atoms with E-state index in [1.54, 1.807) is 0 Å². The molecular weight excluding hydrogens is 194 g/mol. The molecule has 0 amide bonds. The monoisotopic (exact) mass is 219 g/mol. The van der Waals surface area contributed by atoms with Crippen molar-refractivity contribution in [2.75, 3.05) is 13.2 Å². The van der Waals surface area contributed by atoms with E-state index in [0.717, 1.165) is 6.54 Å². The summed E-state index contributed by atoms with van der Waals surface area (Å²) in [4.78, 5) is 0. The molecule has 0 radical (unpaired) electrons. The van der Waals surface area contributed by atoms with Crippen LogP contribution < -0.4 is 5.73 Å². The molecule has 3 atom stereocenters. The molecule has 0 aliphatic carbocycles. The van der Waals surface area contributed by atoms with Gasteiger partial charge in [0.2, 0.25) is 0 Å². The van der Waals surface area contributed by atoms with E-state index < -0.39 is 0 Å².